The van der Waals surface area contributed by atoms with Crippen LogP contribution in [-0.2, 0) is 16.0 Å². The first-order valence-electron chi connectivity index (χ1n) is 7.29. The van der Waals surface area contributed by atoms with E-state index in [2.05, 4.69) is 5.32 Å². The second kappa shape index (κ2) is 7.87. The first kappa shape index (κ1) is 18.1. The first-order chi connectivity index (χ1) is 10.4. The summed E-state index contributed by atoms with van der Waals surface area (Å²) < 4.78 is 26.5. The Morgan fingerprint density at radius 3 is 2.41 bits per heavy atom. The molecular formula is C16H21F2NO3. The summed E-state index contributed by atoms with van der Waals surface area (Å²) in [5.41, 5.74) is -0.856. The normalized spacial score (nSPS) is 11.3. The fraction of sp³-hybridized carbons (Fsp3) is 0.500. The van der Waals surface area contributed by atoms with E-state index in [1.807, 2.05) is 0 Å². The van der Waals surface area contributed by atoms with Crippen molar-refractivity contribution in [3.05, 3.63) is 35.4 Å². The fourth-order valence-corrected chi connectivity index (χ4v) is 2.22. The summed E-state index contributed by atoms with van der Waals surface area (Å²) in [6.07, 6.45) is 0.840. The van der Waals surface area contributed by atoms with Crippen LogP contribution in [0.15, 0.2) is 18.2 Å². The minimum atomic E-state index is -0.986. The van der Waals surface area contributed by atoms with Gasteiger partial charge in [-0.3, -0.25) is 9.59 Å². The number of amides is 1. The molecule has 2 N–H and O–H groups in total. The number of carboxylic acids is 1. The van der Waals surface area contributed by atoms with Crippen molar-refractivity contribution < 1.29 is 23.5 Å². The molecule has 0 spiro atoms. The Balaban J connectivity index is 2.57. The summed E-state index contributed by atoms with van der Waals surface area (Å²) in [4.78, 5) is 23.1. The maximum atomic E-state index is 13.5. The maximum Gasteiger partial charge on any atom is 0.311 e. The zero-order valence-electron chi connectivity index (χ0n) is 12.8. The molecule has 0 saturated carbocycles. The van der Waals surface area contributed by atoms with Gasteiger partial charge in [0.15, 0.2) is 11.6 Å². The van der Waals surface area contributed by atoms with Gasteiger partial charge < -0.3 is 10.4 Å². The van der Waals surface area contributed by atoms with Crippen LogP contribution in [0.1, 0.15) is 38.7 Å². The number of rotatable bonds is 8. The molecule has 0 saturated heterocycles. The third kappa shape index (κ3) is 4.26. The third-order valence-corrected chi connectivity index (χ3v) is 4.08. The maximum absolute atomic E-state index is 13.5. The minimum absolute atomic E-state index is 0.0243. The fourth-order valence-electron chi connectivity index (χ4n) is 2.22. The van der Waals surface area contributed by atoms with Gasteiger partial charge in [0.2, 0.25) is 5.91 Å². The number of hydrogen-bond acceptors (Lipinski definition) is 2. The zero-order chi connectivity index (χ0) is 16.8. The van der Waals surface area contributed by atoms with Crippen molar-refractivity contribution in [3.63, 3.8) is 0 Å². The molecule has 0 aliphatic rings. The SMILES string of the molecule is CCC(CC)(CNC(=O)CCc1cccc(F)c1F)C(=O)O. The topological polar surface area (TPSA) is 66.4 Å². The average molecular weight is 313 g/mol. The van der Waals surface area contributed by atoms with E-state index >= 15 is 0 Å². The van der Waals surface area contributed by atoms with Crippen molar-refractivity contribution in [2.24, 2.45) is 5.41 Å². The average Bonchev–Trinajstić information content (AvgIpc) is 2.50. The van der Waals surface area contributed by atoms with Gasteiger partial charge in [0, 0.05) is 13.0 Å². The Hall–Kier alpha value is -1.98. The van der Waals surface area contributed by atoms with Crippen molar-refractivity contribution in [3.8, 4) is 0 Å². The number of halogens is 2. The lowest BCUT2D eigenvalue weighted by Crippen LogP contribution is -2.42. The van der Waals surface area contributed by atoms with Crippen LogP contribution in [0.3, 0.4) is 0 Å². The van der Waals surface area contributed by atoms with Crippen LogP contribution < -0.4 is 5.32 Å². The van der Waals surface area contributed by atoms with Crippen LogP contribution in [0.2, 0.25) is 0 Å². The molecule has 0 bridgehead atoms. The zero-order valence-corrected chi connectivity index (χ0v) is 12.8. The Kier molecular flexibility index (Phi) is 6.46. The number of carboxylic acid groups (broad SMARTS) is 1. The van der Waals surface area contributed by atoms with E-state index in [9.17, 15) is 23.5 Å². The Morgan fingerprint density at radius 1 is 1.23 bits per heavy atom. The molecule has 0 aliphatic heterocycles. The third-order valence-electron chi connectivity index (χ3n) is 4.08. The predicted molar refractivity (Wildman–Crippen MR) is 78.3 cm³/mol. The van der Waals surface area contributed by atoms with Crippen LogP contribution in [0.25, 0.3) is 0 Å². The Labute approximate surface area is 128 Å². The molecule has 0 unspecified atom stereocenters. The number of carbonyl (C=O) groups is 2. The molecule has 0 heterocycles. The van der Waals surface area contributed by atoms with E-state index in [4.69, 9.17) is 0 Å². The van der Waals surface area contributed by atoms with E-state index < -0.39 is 23.0 Å². The molecule has 0 radical (unpaired) electrons. The van der Waals surface area contributed by atoms with E-state index in [1.54, 1.807) is 13.8 Å². The van der Waals surface area contributed by atoms with Crippen LogP contribution in [0.4, 0.5) is 8.78 Å². The van der Waals surface area contributed by atoms with E-state index in [1.165, 1.54) is 12.1 Å². The number of nitrogens with one attached hydrogen (secondary N) is 1. The summed E-state index contributed by atoms with van der Waals surface area (Å²) in [6.45, 7) is 3.54. The summed E-state index contributed by atoms with van der Waals surface area (Å²) in [7, 11) is 0. The van der Waals surface area contributed by atoms with Crippen molar-refractivity contribution in [1.82, 2.24) is 5.32 Å². The summed E-state index contributed by atoms with van der Waals surface area (Å²) in [6, 6.07) is 3.82. The lowest BCUT2D eigenvalue weighted by Gasteiger charge is -2.26. The summed E-state index contributed by atoms with van der Waals surface area (Å²) in [5, 5.41) is 11.8. The number of benzene rings is 1. The standard InChI is InChI=1S/C16H21F2NO3/c1-3-16(4-2,15(21)22)10-19-13(20)9-8-11-6-5-7-12(17)14(11)18/h5-7H,3-4,8-10H2,1-2H3,(H,19,20)(H,21,22). The molecule has 122 valence electrons. The van der Waals surface area contributed by atoms with Gasteiger partial charge in [-0.05, 0) is 30.9 Å². The first-order valence-corrected chi connectivity index (χ1v) is 7.29. The molecule has 0 aliphatic carbocycles. The molecule has 1 rings (SSSR count). The van der Waals surface area contributed by atoms with Gasteiger partial charge >= 0.3 is 5.97 Å². The highest BCUT2D eigenvalue weighted by Crippen LogP contribution is 2.25. The van der Waals surface area contributed by atoms with E-state index in [0.717, 1.165) is 6.07 Å². The van der Waals surface area contributed by atoms with Gasteiger partial charge in [-0.15, -0.1) is 0 Å². The van der Waals surface area contributed by atoms with E-state index in [0.29, 0.717) is 12.8 Å². The van der Waals surface area contributed by atoms with Gasteiger partial charge in [0.1, 0.15) is 0 Å². The highest BCUT2D eigenvalue weighted by Gasteiger charge is 2.35. The van der Waals surface area contributed by atoms with E-state index in [-0.39, 0.29) is 30.9 Å². The van der Waals surface area contributed by atoms with Gasteiger partial charge in [0.25, 0.3) is 0 Å². The number of hydrogen-bond donors (Lipinski definition) is 2. The van der Waals surface area contributed by atoms with Crippen LogP contribution in [0.5, 0.6) is 0 Å². The molecule has 0 atom stereocenters. The molecule has 0 aromatic heterocycles. The molecule has 1 amide bonds. The number of aryl methyl sites for hydroxylation is 1. The predicted octanol–water partition coefficient (Wildman–Crippen LogP) is 2.90. The van der Waals surface area contributed by atoms with Crippen molar-refractivity contribution >= 4 is 11.9 Å². The van der Waals surface area contributed by atoms with Crippen molar-refractivity contribution in [2.75, 3.05) is 6.54 Å². The van der Waals surface area contributed by atoms with Crippen LogP contribution >= 0.6 is 0 Å². The Bertz CT molecular complexity index is 542. The second-order valence-electron chi connectivity index (χ2n) is 5.28. The monoisotopic (exact) mass is 313 g/mol. The number of carbonyl (C=O) groups excluding carboxylic acids is 1. The van der Waals surface area contributed by atoms with Gasteiger partial charge in [-0.1, -0.05) is 26.0 Å². The minimum Gasteiger partial charge on any atom is -0.481 e. The molecule has 4 nitrogen and oxygen atoms in total. The highest BCUT2D eigenvalue weighted by atomic mass is 19.2. The smallest absolute Gasteiger partial charge is 0.311 e. The molecular weight excluding hydrogens is 292 g/mol. The number of aliphatic carboxylic acids is 1. The van der Waals surface area contributed by atoms with Crippen LogP contribution in [-0.4, -0.2) is 23.5 Å². The summed E-state index contributed by atoms with van der Waals surface area (Å²) >= 11 is 0. The van der Waals surface area contributed by atoms with Crippen molar-refractivity contribution in [2.45, 2.75) is 39.5 Å². The van der Waals surface area contributed by atoms with Gasteiger partial charge in [-0.2, -0.15) is 0 Å². The van der Waals surface area contributed by atoms with Crippen LogP contribution in [0, 0.1) is 17.0 Å². The summed E-state index contributed by atoms with van der Waals surface area (Å²) in [5.74, 6) is -3.22. The second-order valence-corrected chi connectivity index (χ2v) is 5.28. The lowest BCUT2D eigenvalue weighted by atomic mass is 9.82. The lowest BCUT2D eigenvalue weighted by molar-refractivity contribution is -0.149. The van der Waals surface area contributed by atoms with Crippen molar-refractivity contribution in [1.29, 1.82) is 0 Å². The molecule has 22 heavy (non-hydrogen) atoms. The van der Waals surface area contributed by atoms with Gasteiger partial charge in [-0.25, -0.2) is 8.78 Å². The molecule has 1 aromatic rings. The molecule has 1 aromatic carbocycles. The highest BCUT2D eigenvalue weighted by molar-refractivity contribution is 5.79. The molecule has 6 heteroatoms. The molecule has 0 fully saturated rings. The quantitative estimate of drug-likeness (QED) is 0.775. The largest absolute Gasteiger partial charge is 0.481 e. The Morgan fingerprint density at radius 2 is 1.86 bits per heavy atom. The van der Waals surface area contributed by atoms with Gasteiger partial charge in [0.05, 0.1) is 5.41 Å².